The number of nitrogens with two attached hydrogens (primary N) is 2. The molecule has 16 nitrogen and oxygen atoms in total. The number of hydrogen-bond donors (Lipinski definition) is 6. The topological polar surface area (TPSA) is 258 Å². The van der Waals surface area contributed by atoms with Gasteiger partial charge in [0.2, 0.25) is 0 Å². The second-order valence-electron chi connectivity index (χ2n) is 9.36. The molecule has 0 aliphatic carbocycles. The van der Waals surface area contributed by atoms with Crippen LogP contribution in [0.1, 0.15) is 17.1 Å². The molecule has 0 radical (unpaired) electrons. The van der Waals surface area contributed by atoms with Crippen molar-refractivity contribution in [2.75, 3.05) is 18.5 Å². The highest BCUT2D eigenvalue weighted by molar-refractivity contribution is 8.00. The number of anilines is 1. The van der Waals surface area contributed by atoms with Gasteiger partial charge in [0.15, 0.2) is 28.7 Å². The number of hydrogen-bond acceptors (Lipinski definition) is 11. The van der Waals surface area contributed by atoms with Crippen LogP contribution in [0.15, 0.2) is 57.8 Å². The fraction of sp³-hybridized carbons (Fsp3) is 0.192. The summed E-state index contributed by atoms with van der Waals surface area (Å²) in [6.07, 6.45) is 3.45. The van der Waals surface area contributed by atoms with Gasteiger partial charge in [-0.3, -0.25) is 19.5 Å². The minimum Gasteiger partial charge on any atom is -0.477 e. The van der Waals surface area contributed by atoms with Crippen molar-refractivity contribution in [1.82, 2.24) is 29.9 Å². The van der Waals surface area contributed by atoms with Gasteiger partial charge in [-0.1, -0.05) is 24.3 Å². The molecule has 4 amide bonds. The van der Waals surface area contributed by atoms with E-state index in [9.17, 15) is 24.3 Å². The molecule has 0 bridgehead atoms. The Kier molecular flexibility index (Phi) is 8.41. The third-order valence-corrected chi connectivity index (χ3v) is 8.56. The molecule has 2 unspecified atom stereocenters. The number of nitrogen functional groups attached to an aromatic ring is 1. The van der Waals surface area contributed by atoms with Crippen molar-refractivity contribution in [1.29, 1.82) is 5.26 Å². The summed E-state index contributed by atoms with van der Waals surface area (Å²) in [5.41, 5.74) is 14.6. The number of benzene rings is 1. The first-order valence-corrected chi connectivity index (χ1v) is 14.5. The van der Waals surface area contributed by atoms with E-state index in [2.05, 4.69) is 29.6 Å². The Morgan fingerprint density at radius 1 is 1.27 bits per heavy atom. The Labute approximate surface area is 257 Å². The number of urea groups is 1. The molecule has 18 heteroatoms. The second kappa shape index (κ2) is 12.4. The fourth-order valence-corrected chi connectivity index (χ4v) is 6.46. The molecule has 2 atom stereocenters. The lowest BCUT2D eigenvalue weighted by molar-refractivity contribution is -0.150. The number of amidine groups is 1. The lowest BCUT2D eigenvalue weighted by atomic mass is 9.97. The molecule has 2 aromatic heterocycles. The number of carbonyl (C=O) groups excluding carboxylic acids is 3. The first-order chi connectivity index (χ1) is 21.1. The molecule has 2 aliphatic rings. The molecule has 2 aliphatic heterocycles. The number of amides is 4. The van der Waals surface area contributed by atoms with E-state index in [0.29, 0.717) is 17.0 Å². The Hall–Kier alpha value is -5.54. The van der Waals surface area contributed by atoms with Gasteiger partial charge < -0.3 is 26.9 Å². The van der Waals surface area contributed by atoms with Crippen LogP contribution < -0.4 is 22.1 Å². The van der Waals surface area contributed by atoms with E-state index in [0.717, 1.165) is 28.2 Å². The molecule has 5 rings (SSSR count). The van der Waals surface area contributed by atoms with Crippen LogP contribution in [0.3, 0.4) is 0 Å². The van der Waals surface area contributed by atoms with Crippen molar-refractivity contribution in [2.24, 2.45) is 15.7 Å². The molecular formula is C26H23N11O5S2. The van der Waals surface area contributed by atoms with Gasteiger partial charge in [-0.05, 0) is 34.8 Å². The zero-order valence-electron chi connectivity index (χ0n) is 22.8. The molecule has 4 heterocycles. The third kappa shape index (κ3) is 5.86. The zero-order valence-corrected chi connectivity index (χ0v) is 24.4. The molecule has 224 valence electrons. The van der Waals surface area contributed by atoms with E-state index in [4.69, 9.17) is 16.7 Å². The van der Waals surface area contributed by atoms with Gasteiger partial charge in [0.1, 0.15) is 17.1 Å². The highest BCUT2D eigenvalue weighted by Gasteiger charge is 2.54. The Balaban J connectivity index is 1.28. The lowest BCUT2D eigenvalue weighted by Crippen LogP contribution is -2.71. The van der Waals surface area contributed by atoms with Crippen molar-refractivity contribution in [3.8, 4) is 17.3 Å². The van der Waals surface area contributed by atoms with Gasteiger partial charge in [-0.15, -0.1) is 11.8 Å². The van der Waals surface area contributed by atoms with Crippen molar-refractivity contribution in [3.05, 3.63) is 64.9 Å². The second-order valence-corrected chi connectivity index (χ2v) is 11.2. The fourth-order valence-electron chi connectivity index (χ4n) is 4.68. The van der Waals surface area contributed by atoms with E-state index in [1.807, 2.05) is 29.6 Å². The number of rotatable bonds is 8. The monoisotopic (exact) mass is 633 g/mol. The number of carboxylic acids is 1. The number of aromatic amines is 1. The number of thioether (sulfide) groups is 1. The SMILES string of the molecule is CN=C(C(=O)NC1C(=O)N2C(C(=O)O)=C(Cc3ccc(-c4c[nH]c(/C(N)=N/C(=O)NC#N)c4)cc3)CSC12)c1nsc(N)n1. The maximum absolute atomic E-state index is 13.1. The van der Waals surface area contributed by atoms with Crippen molar-refractivity contribution < 1.29 is 24.3 Å². The van der Waals surface area contributed by atoms with Gasteiger partial charge in [-0.2, -0.15) is 19.6 Å². The van der Waals surface area contributed by atoms with Crippen LogP contribution >= 0.6 is 23.3 Å². The number of aliphatic imine (C=N–C) groups is 2. The van der Waals surface area contributed by atoms with E-state index < -0.39 is 35.2 Å². The zero-order chi connectivity index (χ0) is 31.5. The first kappa shape index (κ1) is 29.9. The summed E-state index contributed by atoms with van der Waals surface area (Å²) >= 11 is 2.26. The van der Waals surface area contributed by atoms with Crippen LogP contribution in [-0.2, 0) is 20.8 Å². The molecule has 1 aromatic carbocycles. The highest BCUT2D eigenvalue weighted by Crippen LogP contribution is 2.41. The molecule has 0 saturated carbocycles. The normalized spacial score (nSPS) is 18.3. The molecule has 1 fully saturated rings. The third-order valence-electron chi connectivity index (χ3n) is 6.68. The van der Waals surface area contributed by atoms with E-state index >= 15 is 0 Å². The predicted molar refractivity (Wildman–Crippen MR) is 161 cm³/mol. The summed E-state index contributed by atoms with van der Waals surface area (Å²) in [6.45, 7) is 0. The number of nitriles is 1. The Morgan fingerprint density at radius 3 is 2.66 bits per heavy atom. The maximum Gasteiger partial charge on any atom is 0.356 e. The maximum atomic E-state index is 13.1. The number of nitrogens with one attached hydrogen (secondary N) is 3. The van der Waals surface area contributed by atoms with Crippen molar-refractivity contribution >= 4 is 63.8 Å². The summed E-state index contributed by atoms with van der Waals surface area (Å²) in [7, 11) is 1.39. The van der Waals surface area contributed by atoms with E-state index in [1.165, 1.54) is 29.9 Å². The van der Waals surface area contributed by atoms with Crippen LogP contribution in [0.4, 0.5) is 9.93 Å². The highest BCUT2D eigenvalue weighted by atomic mass is 32.2. The Bertz CT molecular complexity index is 1800. The number of nitrogens with zero attached hydrogens (tertiary/aromatic N) is 6. The van der Waals surface area contributed by atoms with Crippen LogP contribution in [0.2, 0.25) is 0 Å². The van der Waals surface area contributed by atoms with Crippen molar-refractivity contribution in [3.63, 3.8) is 0 Å². The number of carboxylic acid groups (broad SMARTS) is 1. The van der Waals surface area contributed by atoms with Gasteiger partial charge in [-0.25, -0.2) is 14.9 Å². The first-order valence-electron chi connectivity index (χ1n) is 12.7. The van der Waals surface area contributed by atoms with Crippen LogP contribution in [0, 0.1) is 11.5 Å². The number of aromatic nitrogens is 3. The number of aliphatic carboxylic acids is 1. The van der Waals surface area contributed by atoms with Gasteiger partial charge in [0, 0.05) is 30.5 Å². The number of fused-ring (bicyclic) bond motifs is 1. The van der Waals surface area contributed by atoms with Crippen molar-refractivity contribution in [2.45, 2.75) is 17.8 Å². The number of carbonyl (C=O) groups is 4. The molecule has 3 aromatic rings. The Morgan fingerprint density at radius 2 is 2.02 bits per heavy atom. The summed E-state index contributed by atoms with van der Waals surface area (Å²) in [5, 5.41) is 22.6. The predicted octanol–water partition coefficient (Wildman–Crippen LogP) is 0.412. The van der Waals surface area contributed by atoms with Gasteiger partial charge in [0.05, 0.1) is 5.69 Å². The molecule has 0 spiro atoms. The quantitative estimate of drug-likeness (QED) is 0.0651. The average molecular weight is 634 g/mol. The summed E-state index contributed by atoms with van der Waals surface area (Å²) in [4.78, 5) is 65.3. The molecule has 1 saturated heterocycles. The lowest BCUT2D eigenvalue weighted by Gasteiger charge is -2.49. The largest absolute Gasteiger partial charge is 0.477 e. The average Bonchev–Trinajstić information content (AvgIpc) is 3.66. The van der Waals surface area contributed by atoms with Crippen LogP contribution in [0.5, 0.6) is 0 Å². The van der Waals surface area contributed by atoms with Crippen LogP contribution in [0.25, 0.3) is 11.1 Å². The van der Waals surface area contributed by atoms with Crippen LogP contribution in [-0.4, -0.2) is 83.9 Å². The van der Waals surface area contributed by atoms with Gasteiger partial charge in [0.25, 0.3) is 11.8 Å². The van der Waals surface area contributed by atoms with Gasteiger partial charge >= 0.3 is 12.0 Å². The molecule has 8 N–H and O–H groups in total. The minimum absolute atomic E-state index is 0.0443. The summed E-state index contributed by atoms with van der Waals surface area (Å²) < 4.78 is 3.98. The number of H-pyrrole nitrogens is 1. The summed E-state index contributed by atoms with van der Waals surface area (Å²) in [5.74, 6) is -2.15. The summed E-state index contributed by atoms with van der Waals surface area (Å²) in [6, 6.07) is 7.24. The molecule has 44 heavy (non-hydrogen) atoms. The minimum atomic E-state index is -1.24. The standard InChI is InChI=1S/C26H23N11O5S2/c1-30-16(20-35-25(29)44-36-20)21(38)33-17-22(39)37-18(24(40)41)14(9-43-23(17)37)6-11-2-4-12(5-3-11)13-7-15(31-8-13)19(28)34-26(42)32-10-27/h2-5,7-8,17,23,31H,6,9H2,1H3,(H,33,38)(H,40,41)(H2,29,35,36)(H3,28,32,34,42). The van der Waals surface area contributed by atoms with E-state index in [1.54, 1.807) is 12.3 Å². The number of β-lactam (4-membered cyclic amide) rings is 1. The molecular weight excluding hydrogens is 610 g/mol. The van der Waals surface area contributed by atoms with E-state index in [-0.39, 0.29) is 34.6 Å². The smallest absolute Gasteiger partial charge is 0.356 e.